The van der Waals surface area contributed by atoms with Gasteiger partial charge in [0.15, 0.2) is 0 Å². The van der Waals surface area contributed by atoms with Gasteiger partial charge in [0.25, 0.3) is 0 Å². The lowest BCUT2D eigenvalue weighted by atomic mass is 9.74. The number of ether oxygens (including phenoxy) is 3. The second-order valence-corrected chi connectivity index (χ2v) is 6.52. The van der Waals surface area contributed by atoms with E-state index in [0.29, 0.717) is 16.5 Å². The van der Waals surface area contributed by atoms with Crippen molar-refractivity contribution >= 4 is 28.0 Å². The molecule has 0 radical (unpaired) electrons. The number of amides is 1. The Morgan fingerprint density at radius 1 is 1.52 bits per heavy atom. The standard InChI is InChI=1S/C15H15BrFNO5/c1-8(19)23-13-4-9-6-21-14(20)18-15(9,7-22-13)11-5-10(16)2-3-12(11)17/h2-3,5,9,13H,4,6-7H2,1H3,(H,18,20)/t9-,13+,15-/m0/s1. The van der Waals surface area contributed by atoms with Crippen LogP contribution in [-0.4, -0.2) is 31.6 Å². The number of carbonyl (C=O) groups is 2. The third-order valence-electron chi connectivity index (χ3n) is 4.12. The van der Waals surface area contributed by atoms with E-state index in [9.17, 15) is 14.0 Å². The number of hydrogen-bond donors (Lipinski definition) is 1. The Labute approximate surface area is 140 Å². The second-order valence-electron chi connectivity index (χ2n) is 5.60. The van der Waals surface area contributed by atoms with Crippen LogP contribution < -0.4 is 5.32 Å². The molecule has 0 aromatic heterocycles. The Morgan fingerprint density at radius 2 is 2.30 bits per heavy atom. The quantitative estimate of drug-likeness (QED) is 0.788. The molecule has 8 heteroatoms. The van der Waals surface area contributed by atoms with Crippen LogP contribution in [0.4, 0.5) is 9.18 Å². The maximum absolute atomic E-state index is 14.4. The minimum Gasteiger partial charge on any atom is -0.449 e. The molecule has 2 fully saturated rings. The summed E-state index contributed by atoms with van der Waals surface area (Å²) in [5.74, 6) is -1.20. The number of alkyl carbamates (subject to hydrolysis) is 1. The van der Waals surface area contributed by atoms with Crippen LogP contribution in [0.3, 0.4) is 0 Å². The normalized spacial score (nSPS) is 30.0. The Kier molecular flexibility index (Phi) is 4.29. The minimum absolute atomic E-state index is 0.0158. The molecule has 3 rings (SSSR count). The number of benzene rings is 1. The van der Waals surface area contributed by atoms with Gasteiger partial charge >= 0.3 is 12.1 Å². The molecular weight excluding hydrogens is 373 g/mol. The summed E-state index contributed by atoms with van der Waals surface area (Å²) in [4.78, 5) is 22.8. The van der Waals surface area contributed by atoms with Crippen LogP contribution in [0.15, 0.2) is 22.7 Å². The van der Waals surface area contributed by atoms with E-state index in [4.69, 9.17) is 14.2 Å². The maximum Gasteiger partial charge on any atom is 0.407 e. The lowest BCUT2D eigenvalue weighted by Crippen LogP contribution is -2.63. The van der Waals surface area contributed by atoms with E-state index >= 15 is 0 Å². The van der Waals surface area contributed by atoms with Gasteiger partial charge in [0.05, 0.1) is 13.2 Å². The number of nitrogens with one attached hydrogen (secondary N) is 1. The van der Waals surface area contributed by atoms with E-state index in [1.165, 1.54) is 13.0 Å². The van der Waals surface area contributed by atoms with E-state index in [0.717, 1.165) is 0 Å². The fourth-order valence-corrected chi connectivity index (χ4v) is 3.42. The average molecular weight is 388 g/mol. The lowest BCUT2D eigenvalue weighted by molar-refractivity contribution is -0.212. The largest absolute Gasteiger partial charge is 0.449 e. The van der Waals surface area contributed by atoms with E-state index in [-0.39, 0.29) is 19.1 Å². The van der Waals surface area contributed by atoms with Gasteiger partial charge in [0.2, 0.25) is 6.29 Å². The monoisotopic (exact) mass is 387 g/mol. The summed E-state index contributed by atoms with van der Waals surface area (Å²) in [6, 6.07) is 4.52. The summed E-state index contributed by atoms with van der Waals surface area (Å²) in [6.45, 7) is 1.37. The first-order valence-electron chi connectivity index (χ1n) is 7.10. The van der Waals surface area contributed by atoms with E-state index in [1.54, 1.807) is 12.1 Å². The molecule has 0 spiro atoms. The lowest BCUT2D eigenvalue weighted by Gasteiger charge is -2.48. The fourth-order valence-electron chi connectivity index (χ4n) is 3.06. The van der Waals surface area contributed by atoms with Crippen molar-refractivity contribution in [1.29, 1.82) is 0 Å². The number of cyclic esters (lactones) is 1. The Balaban J connectivity index is 1.97. The summed E-state index contributed by atoms with van der Waals surface area (Å²) in [5.41, 5.74) is -0.741. The molecule has 2 aliphatic rings. The SMILES string of the molecule is CC(=O)O[C@@H]1C[C@H]2COC(=O)N[C@@]2(c2cc(Br)ccc2F)CO1. The van der Waals surface area contributed by atoms with Crippen molar-refractivity contribution in [2.24, 2.45) is 5.92 Å². The van der Waals surface area contributed by atoms with Crippen molar-refractivity contribution in [3.8, 4) is 0 Å². The third kappa shape index (κ3) is 3.05. The number of fused-ring (bicyclic) bond motifs is 1. The van der Waals surface area contributed by atoms with Gasteiger partial charge < -0.3 is 19.5 Å². The van der Waals surface area contributed by atoms with Crippen LogP contribution in [-0.2, 0) is 24.5 Å². The highest BCUT2D eigenvalue weighted by Gasteiger charge is 2.52. The molecule has 0 aliphatic carbocycles. The number of rotatable bonds is 2. The smallest absolute Gasteiger partial charge is 0.407 e. The van der Waals surface area contributed by atoms with Crippen LogP contribution in [0, 0.1) is 11.7 Å². The zero-order chi connectivity index (χ0) is 16.6. The van der Waals surface area contributed by atoms with Gasteiger partial charge in [0, 0.05) is 29.3 Å². The Morgan fingerprint density at radius 3 is 3.04 bits per heavy atom. The molecule has 0 saturated carbocycles. The van der Waals surface area contributed by atoms with Crippen LogP contribution in [0.5, 0.6) is 0 Å². The Bertz CT molecular complexity index is 655. The van der Waals surface area contributed by atoms with Gasteiger partial charge in [-0.15, -0.1) is 0 Å². The first-order valence-corrected chi connectivity index (χ1v) is 7.89. The predicted molar refractivity (Wildman–Crippen MR) is 79.9 cm³/mol. The fraction of sp³-hybridized carbons (Fsp3) is 0.467. The molecule has 1 amide bonds. The first-order chi connectivity index (χ1) is 10.9. The number of halogens is 2. The highest BCUT2D eigenvalue weighted by molar-refractivity contribution is 9.10. The number of esters is 1. The van der Waals surface area contributed by atoms with E-state index < -0.39 is 29.7 Å². The number of hydrogen-bond acceptors (Lipinski definition) is 5. The first kappa shape index (κ1) is 16.2. The average Bonchev–Trinajstić information content (AvgIpc) is 2.49. The molecule has 2 aliphatic heterocycles. The molecule has 23 heavy (non-hydrogen) atoms. The van der Waals surface area contributed by atoms with Crippen LogP contribution in [0.2, 0.25) is 0 Å². The third-order valence-corrected chi connectivity index (χ3v) is 4.61. The van der Waals surface area contributed by atoms with Gasteiger partial charge in [-0.1, -0.05) is 15.9 Å². The molecule has 2 heterocycles. The van der Waals surface area contributed by atoms with Crippen molar-refractivity contribution in [3.05, 3.63) is 34.1 Å². The summed E-state index contributed by atoms with van der Waals surface area (Å²) < 4.78 is 30.8. The Hall–Kier alpha value is -1.67. The van der Waals surface area contributed by atoms with Gasteiger partial charge in [-0.05, 0) is 18.2 Å². The molecule has 1 N–H and O–H groups in total. The minimum atomic E-state index is -1.06. The van der Waals surface area contributed by atoms with Gasteiger partial charge in [-0.3, -0.25) is 4.79 Å². The van der Waals surface area contributed by atoms with Crippen molar-refractivity contribution < 1.29 is 28.2 Å². The van der Waals surface area contributed by atoms with Crippen LogP contribution in [0.1, 0.15) is 18.9 Å². The highest BCUT2D eigenvalue weighted by atomic mass is 79.9. The van der Waals surface area contributed by atoms with Gasteiger partial charge in [-0.25, -0.2) is 9.18 Å². The van der Waals surface area contributed by atoms with Crippen molar-refractivity contribution in [3.63, 3.8) is 0 Å². The topological polar surface area (TPSA) is 73.9 Å². The summed E-state index contributed by atoms with van der Waals surface area (Å²) >= 11 is 3.32. The zero-order valence-corrected chi connectivity index (χ0v) is 13.9. The molecule has 1 aromatic carbocycles. The van der Waals surface area contributed by atoms with Gasteiger partial charge in [-0.2, -0.15) is 0 Å². The highest BCUT2D eigenvalue weighted by Crippen LogP contribution is 2.42. The number of carbonyl (C=O) groups excluding carboxylic acids is 2. The molecule has 0 unspecified atom stereocenters. The summed E-state index contributed by atoms with van der Waals surface area (Å²) in [6.07, 6.45) is -1.07. The summed E-state index contributed by atoms with van der Waals surface area (Å²) in [7, 11) is 0. The second kappa shape index (κ2) is 6.09. The molecule has 3 atom stereocenters. The van der Waals surface area contributed by atoms with Gasteiger partial charge in [0.1, 0.15) is 11.4 Å². The zero-order valence-electron chi connectivity index (χ0n) is 12.3. The maximum atomic E-state index is 14.4. The molecule has 6 nitrogen and oxygen atoms in total. The van der Waals surface area contributed by atoms with Crippen molar-refractivity contribution in [2.45, 2.75) is 25.2 Å². The molecule has 0 bridgehead atoms. The van der Waals surface area contributed by atoms with E-state index in [1.807, 2.05) is 0 Å². The van der Waals surface area contributed by atoms with Crippen LogP contribution in [0.25, 0.3) is 0 Å². The van der Waals surface area contributed by atoms with Crippen LogP contribution >= 0.6 is 15.9 Å². The molecule has 124 valence electrons. The van der Waals surface area contributed by atoms with E-state index in [2.05, 4.69) is 21.2 Å². The predicted octanol–water partition coefficient (Wildman–Crippen LogP) is 2.45. The summed E-state index contributed by atoms with van der Waals surface area (Å²) in [5, 5.41) is 2.70. The molecule has 2 saturated heterocycles. The molecule has 1 aromatic rings. The molecular formula is C15H15BrFNO5. The van der Waals surface area contributed by atoms with Crippen molar-refractivity contribution in [2.75, 3.05) is 13.2 Å². The van der Waals surface area contributed by atoms with Crippen molar-refractivity contribution in [1.82, 2.24) is 5.32 Å².